The first-order chi connectivity index (χ1) is 9.20. The maximum atomic E-state index is 11.8. The van der Waals surface area contributed by atoms with Crippen LogP contribution in [0.15, 0.2) is 18.2 Å². The summed E-state index contributed by atoms with van der Waals surface area (Å²) < 4.78 is 5.50. The number of carbonyl (C=O) groups excluding carboxylic acids is 1. The molecule has 1 aliphatic rings. The Labute approximate surface area is 118 Å². The zero-order valence-electron chi connectivity index (χ0n) is 10.8. The molecule has 2 rings (SSSR count). The Morgan fingerprint density at radius 3 is 2.84 bits per heavy atom. The van der Waals surface area contributed by atoms with Gasteiger partial charge in [-0.1, -0.05) is 30.5 Å². The Hall–Kier alpha value is -1.26. The van der Waals surface area contributed by atoms with Crippen molar-refractivity contribution in [3.05, 3.63) is 28.8 Å². The number of benzene rings is 1. The zero-order valence-corrected chi connectivity index (χ0v) is 11.6. The number of rotatable bonds is 5. The second-order valence-electron chi connectivity index (χ2n) is 4.76. The lowest BCUT2D eigenvalue weighted by atomic mass is 10.2. The molecule has 1 saturated carbocycles. The minimum Gasteiger partial charge on any atom is -0.483 e. The van der Waals surface area contributed by atoms with Crippen molar-refractivity contribution >= 4 is 17.5 Å². The third-order valence-corrected chi connectivity index (χ3v) is 3.71. The van der Waals surface area contributed by atoms with E-state index in [2.05, 4.69) is 5.32 Å². The number of ether oxygens (including phenoxy) is 1. The molecule has 0 aliphatic heterocycles. The number of nitrogens with two attached hydrogens (primary N) is 1. The molecule has 0 unspecified atom stereocenters. The Kier molecular flexibility index (Phi) is 5.05. The van der Waals surface area contributed by atoms with Crippen molar-refractivity contribution in [3.63, 3.8) is 0 Å². The van der Waals surface area contributed by atoms with Crippen LogP contribution in [0.4, 0.5) is 0 Å². The summed E-state index contributed by atoms with van der Waals surface area (Å²) >= 11 is 6.02. The van der Waals surface area contributed by atoms with Gasteiger partial charge in [0.1, 0.15) is 5.75 Å². The molecule has 4 nitrogen and oxygen atoms in total. The van der Waals surface area contributed by atoms with Gasteiger partial charge in [-0.15, -0.1) is 0 Å². The van der Waals surface area contributed by atoms with Gasteiger partial charge in [-0.3, -0.25) is 4.79 Å². The lowest BCUT2D eigenvalue weighted by Crippen LogP contribution is -2.36. The molecule has 0 saturated heterocycles. The molecule has 0 bridgehead atoms. The van der Waals surface area contributed by atoms with Gasteiger partial charge in [0.15, 0.2) is 6.61 Å². The maximum Gasteiger partial charge on any atom is 0.258 e. The molecule has 1 fully saturated rings. The lowest BCUT2D eigenvalue weighted by Gasteiger charge is -2.14. The molecule has 0 radical (unpaired) electrons. The molecule has 104 valence electrons. The van der Waals surface area contributed by atoms with E-state index in [1.165, 1.54) is 12.8 Å². The van der Waals surface area contributed by atoms with Crippen LogP contribution >= 0.6 is 11.6 Å². The number of nitrogens with one attached hydrogen (secondary N) is 1. The predicted molar refractivity (Wildman–Crippen MR) is 75.2 cm³/mol. The van der Waals surface area contributed by atoms with E-state index in [4.69, 9.17) is 22.1 Å². The topological polar surface area (TPSA) is 64.3 Å². The predicted octanol–water partition coefficient (Wildman–Crippen LogP) is 2.24. The third kappa shape index (κ3) is 3.85. The van der Waals surface area contributed by atoms with Gasteiger partial charge in [0, 0.05) is 23.2 Å². The fraction of sp³-hybridized carbons (Fsp3) is 0.500. The van der Waals surface area contributed by atoms with Crippen LogP contribution in [-0.2, 0) is 11.3 Å². The van der Waals surface area contributed by atoms with E-state index in [1.54, 1.807) is 18.2 Å². The van der Waals surface area contributed by atoms with Gasteiger partial charge in [0.05, 0.1) is 0 Å². The highest BCUT2D eigenvalue weighted by Gasteiger charge is 2.17. The van der Waals surface area contributed by atoms with Gasteiger partial charge in [-0.2, -0.15) is 0 Å². The van der Waals surface area contributed by atoms with Crippen LogP contribution in [0.25, 0.3) is 0 Å². The highest BCUT2D eigenvalue weighted by Crippen LogP contribution is 2.25. The van der Waals surface area contributed by atoms with Crippen molar-refractivity contribution in [2.75, 3.05) is 6.61 Å². The van der Waals surface area contributed by atoms with Crippen molar-refractivity contribution < 1.29 is 9.53 Å². The van der Waals surface area contributed by atoms with E-state index in [1.807, 2.05) is 0 Å². The second kappa shape index (κ2) is 6.78. The summed E-state index contributed by atoms with van der Waals surface area (Å²) in [7, 11) is 0. The van der Waals surface area contributed by atoms with E-state index in [9.17, 15) is 4.79 Å². The summed E-state index contributed by atoms with van der Waals surface area (Å²) in [5.74, 6) is 0.492. The summed E-state index contributed by atoms with van der Waals surface area (Å²) in [5, 5.41) is 3.54. The molecular formula is C14H19ClN2O2. The Bertz CT molecular complexity index is 445. The van der Waals surface area contributed by atoms with E-state index in [0.717, 1.165) is 18.4 Å². The minimum atomic E-state index is -0.0881. The summed E-state index contributed by atoms with van der Waals surface area (Å²) in [6, 6.07) is 5.63. The average Bonchev–Trinajstić information content (AvgIpc) is 2.89. The first-order valence-corrected chi connectivity index (χ1v) is 6.98. The molecule has 3 N–H and O–H groups in total. The Balaban J connectivity index is 1.87. The molecule has 5 heteroatoms. The fourth-order valence-corrected chi connectivity index (χ4v) is 2.60. The largest absolute Gasteiger partial charge is 0.483 e. The number of hydrogen-bond acceptors (Lipinski definition) is 3. The van der Waals surface area contributed by atoms with Crippen LogP contribution in [0.2, 0.25) is 5.02 Å². The van der Waals surface area contributed by atoms with Crippen molar-refractivity contribution in [1.29, 1.82) is 0 Å². The highest BCUT2D eigenvalue weighted by molar-refractivity contribution is 6.31. The first kappa shape index (κ1) is 14.2. The smallest absolute Gasteiger partial charge is 0.258 e. The van der Waals surface area contributed by atoms with Crippen LogP contribution in [0.3, 0.4) is 0 Å². The standard InChI is InChI=1S/C14H19ClN2O2/c15-12-6-3-7-13(11(12)8-16)19-9-14(18)17-10-4-1-2-5-10/h3,6-7,10H,1-2,4-5,8-9,16H2,(H,17,18). The number of hydrogen-bond donors (Lipinski definition) is 2. The molecule has 1 amide bonds. The van der Waals surface area contributed by atoms with Crippen molar-refractivity contribution in [2.24, 2.45) is 5.73 Å². The molecule has 0 aromatic heterocycles. The van der Waals surface area contributed by atoms with Gasteiger partial charge in [-0.25, -0.2) is 0 Å². The summed E-state index contributed by atoms with van der Waals surface area (Å²) in [6.45, 7) is 0.295. The van der Waals surface area contributed by atoms with E-state index in [0.29, 0.717) is 23.4 Å². The highest BCUT2D eigenvalue weighted by atomic mass is 35.5. The Morgan fingerprint density at radius 1 is 1.42 bits per heavy atom. The van der Waals surface area contributed by atoms with Gasteiger partial charge in [-0.05, 0) is 25.0 Å². The summed E-state index contributed by atoms with van der Waals surface area (Å²) in [4.78, 5) is 11.8. The molecule has 0 spiro atoms. The van der Waals surface area contributed by atoms with Crippen molar-refractivity contribution in [1.82, 2.24) is 5.32 Å². The second-order valence-corrected chi connectivity index (χ2v) is 5.17. The van der Waals surface area contributed by atoms with Crippen LogP contribution in [0.5, 0.6) is 5.75 Å². The quantitative estimate of drug-likeness (QED) is 0.870. The van der Waals surface area contributed by atoms with Gasteiger partial charge >= 0.3 is 0 Å². The number of carbonyl (C=O) groups is 1. The van der Waals surface area contributed by atoms with Crippen molar-refractivity contribution in [3.8, 4) is 5.75 Å². The molecule has 19 heavy (non-hydrogen) atoms. The fourth-order valence-electron chi connectivity index (χ4n) is 2.35. The normalized spacial score (nSPS) is 15.5. The monoisotopic (exact) mass is 282 g/mol. The SMILES string of the molecule is NCc1c(Cl)cccc1OCC(=O)NC1CCCC1. The minimum absolute atomic E-state index is 0.00381. The average molecular weight is 283 g/mol. The third-order valence-electron chi connectivity index (χ3n) is 3.36. The molecule has 1 aromatic rings. The van der Waals surface area contributed by atoms with Crippen LogP contribution in [-0.4, -0.2) is 18.6 Å². The summed E-state index contributed by atoms with van der Waals surface area (Å²) in [6.07, 6.45) is 4.52. The zero-order chi connectivity index (χ0) is 13.7. The van der Waals surface area contributed by atoms with Gasteiger partial charge in [0.2, 0.25) is 0 Å². The van der Waals surface area contributed by atoms with E-state index >= 15 is 0 Å². The number of halogens is 1. The molecule has 1 aromatic carbocycles. The van der Waals surface area contributed by atoms with Crippen LogP contribution in [0, 0.1) is 0 Å². The van der Waals surface area contributed by atoms with Crippen molar-refractivity contribution in [2.45, 2.75) is 38.3 Å². The number of amides is 1. The maximum absolute atomic E-state index is 11.8. The molecule has 0 heterocycles. The van der Waals surface area contributed by atoms with Crippen LogP contribution in [0.1, 0.15) is 31.2 Å². The summed E-state index contributed by atoms with van der Waals surface area (Å²) in [5.41, 5.74) is 6.36. The van der Waals surface area contributed by atoms with Crippen LogP contribution < -0.4 is 15.8 Å². The lowest BCUT2D eigenvalue weighted by molar-refractivity contribution is -0.123. The van der Waals surface area contributed by atoms with Gasteiger partial charge < -0.3 is 15.8 Å². The molecule has 1 aliphatic carbocycles. The Morgan fingerprint density at radius 2 is 2.16 bits per heavy atom. The first-order valence-electron chi connectivity index (χ1n) is 6.60. The van der Waals surface area contributed by atoms with E-state index in [-0.39, 0.29) is 12.5 Å². The van der Waals surface area contributed by atoms with Gasteiger partial charge in [0.25, 0.3) is 5.91 Å². The molecule has 0 atom stereocenters. The van der Waals surface area contributed by atoms with E-state index < -0.39 is 0 Å². The molecular weight excluding hydrogens is 264 g/mol.